The number of nitriles is 1. The van der Waals surface area contributed by atoms with Gasteiger partial charge in [0, 0.05) is 18.0 Å². The van der Waals surface area contributed by atoms with Gasteiger partial charge < -0.3 is 10.6 Å². The second kappa shape index (κ2) is 7.29. The van der Waals surface area contributed by atoms with Gasteiger partial charge in [-0.1, -0.05) is 30.4 Å². The maximum atomic E-state index is 12.3. The fourth-order valence-electron chi connectivity index (χ4n) is 1.90. The summed E-state index contributed by atoms with van der Waals surface area (Å²) in [6.45, 7) is 5.18. The standard InChI is InChI=1S/C14H18N4OS2/c1-3-11-12(20-14(18-11)16-4-2)13(19)17-8-10-6-5-7-21(10)9-15/h5-7,21H,3-4,8H2,1-2H3,(H,16,18)(H,17,19). The van der Waals surface area contributed by atoms with Crippen molar-refractivity contribution in [2.24, 2.45) is 0 Å². The third-order valence-electron chi connectivity index (χ3n) is 2.94. The molecule has 7 heteroatoms. The molecule has 0 spiro atoms. The molecule has 0 aliphatic carbocycles. The van der Waals surface area contributed by atoms with Gasteiger partial charge in [0.25, 0.3) is 5.91 Å². The SMILES string of the molecule is CCNc1nc(CC)c(C(=O)NCC2=CC=C[SH]2C#N)s1. The minimum Gasteiger partial charge on any atom is -0.362 e. The van der Waals surface area contributed by atoms with Crippen LogP contribution in [-0.2, 0) is 6.42 Å². The topological polar surface area (TPSA) is 77.8 Å². The predicted octanol–water partition coefficient (Wildman–Crippen LogP) is 2.76. The Labute approximate surface area is 131 Å². The van der Waals surface area contributed by atoms with Crippen molar-refractivity contribution in [3.63, 3.8) is 0 Å². The van der Waals surface area contributed by atoms with Gasteiger partial charge in [0.1, 0.15) is 10.3 Å². The quantitative estimate of drug-likeness (QED) is 0.556. The first-order valence-electron chi connectivity index (χ1n) is 6.77. The Bertz CT molecular complexity index is 627. The average Bonchev–Trinajstić information content (AvgIpc) is 3.11. The Morgan fingerprint density at radius 2 is 2.33 bits per heavy atom. The molecule has 0 bridgehead atoms. The van der Waals surface area contributed by atoms with Crippen LogP contribution in [0.15, 0.2) is 22.5 Å². The van der Waals surface area contributed by atoms with E-state index in [1.807, 2.05) is 31.4 Å². The van der Waals surface area contributed by atoms with Crippen LogP contribution >= 0.6 is 22.2 Å². The van der Waals surface area contributed by atoms with Gasteiger partial charge >= 0.3 is 0 Å². The molecular formula is C14H18N4OS2. The van der Waals surface area contributed by atoms with Gasteiger partial charge in [0.15, 0.2) is 5.13 Å². The van der Waals surface area contributed by atoms with Crippen molar-refractivity contribution in [2.75, 3.05) is 18.4 Å². The van der Waals surface area contributed by atoms with Crippen LogP contribution in [-0.4, -0.2) is 24.0 Å². The predicted molar refractivity (Wildman–Crippen MR) is 89.8 cm³/mol. The molecule has 2 N–H and O–H groups in total. The fourth-order valence-corrected chi connectivity index (χ4v) is 4.08. The molecule has 21 heavy (non-hydrogen) atoms. The molecule has 1 aliphatic rings. The molecule has 1 amide bonds. The van der Waals surface area contributed by atoms with E-state index in [9.17, 15) is 4.79 Å². The van der Waals surface area contributed by atoms with E-state index >= 15 is 0 Å². The summed E-state index contributed by atoms with van der Waals surface area (Å²) in [6, 6.07) is 0. The molecule has 2 heterocycles. The first-order valence-corrected chi connectivity index (χ1v) is 9.00. The van der Waals surface area contributed by atoms with Crippen molar-refractivity contribution in [3.05, 3.63) is 33.0 Å². The lowest BCUT2D eigenvalue weighted by Gasteiger charge is -2.10. The number of aromatic nitrogens is 1. The summed E-state index contributed by atoms with van der Waals surface area (Å²) >= 11 is 1.38. The first kappa shape index (κ1) is 15.6. The highest BCUT2D eigenvalue weighted by atomic mass is 32.2. The minimum absolute atomic E-state index is 0.116. The Kier molecular flexibility index (Phi) is 5.42. The molecule has 0 aromatic carbocycles. The smallest absolute Gasteiger partial charge is 0.263 e. The number of thiazole rings is 1. The van der Waals surface area contributed by atoms with Crippen LogP contribution < -0.4 is 10.6 Å². The molecule has 112 valence electrons. The highest BCUT2D eigenvalue weighted by Gasteiger charge is 2.18. The molecule has 5 nitrogen and oxygen atoms in total. The number of nitrogens with one attached hydrogen (secondary N) is 2. The number of allylic oxidation sites excluding steroid dienone is 2. The van der Waals surface area contributed by atoms with E-state index in [0.717, 1.165) is 28.7 Å². The molecule has 0 radical (unpaired) electrons. The molecule has 0 fully saturated rings. The number of rotatable bonds is 6. The van der Waals surface area contributed by atoms with Crippen molar-refractivity contribution in [2.45, 2.75) is 20.3 Å². The van der Waals surface area contributed by atoms with Crippen LogP contribution in [0.1, 0.15) is 29.2 Å². The number of hydrogen-bond acceptors (Lipinski definition) is 5. The summed E-state index contributed by atoms with van der Waals surface area (Å²) in [5, 5.41) is 20.0. The second-order valence-electron chi connectivity index (χ2n) is 4.33. The van der Waals surface area contributed by atoms with Crippen LogP contribution in [0.2, 0.25) is 0 Å². The van der Waals surface area contributed by atoms with E-state index in [0.29, 0.717) is 11.4 Å². The van der Waals surface area contributed by atoms with Gasteiger partial charge in [-0.3, -0.25) is 4.79 Å². The van der Waals surface area contributed by atoms with Gasteiger partial charge in [-0.15, -0.1) is 10.9 Å². The summed E-state index contributed by atoms with van der Waals surface area (Å²) in [7, 11) is -0.871. The summed E-state index contributed by atoms with van der Waals surface area (Å²) < 4.78 is 0. The minimum atomic E-state index is -0.871. The molecule has 1 aliphatic heterocycles. The zero-order chi connectivity index (χ0) is 15.2. The molecule has 1 atom stereocenters. The van der Waals surface area contributed by atoms with Gasteiger partial charge in [-0.2, -0.15) is 5.26 Å². The van der Waals surface area contributed by atoms with Crippen LogP contribution in [0, 0.1) is 10.7 Å². The van der Waals surface area contributed by atoms with Gasteiger partial charge in [-0.25, -0.2) is 4.98 Å². The van der Waals surface area contributed by atoms with Crippen molar-refractivity contribution in [3.8, 4) is 5.40 Å². The number of aryl methyl sites for hydroxylation is 1. The summed E-state index contributed by atoms with van der Waals surface area (Å²) in [5.74, 6) is -0.116. The Morgan fingerprint density at radius 3 is 3.00 bits per heavy atom. The molecular weight excluding hydrogens is 304 g/mol. The van der Waals surface area contributed by atoms with E-state index in [1.54, 1.807) is 0 Å². The Morgan fingerprint density at radius 1 is 1.52 bits per heavy atom. The van der Waals surface area contributed by atoms with Gasteiger partial charge in [0.2, 0.25) is 0 Å². The van der Waals surface area contributed by atoms with Crippen molar-refractivity contribution >= 4 is 33.3 Å². The number of nitrogens with zero attached hydrogens (tertiary/aromatic N) is 2. The normalized spacial score (nSPS) is 18.1. The number of amides is 1. The van der Waals surface area contributed by atoms with E-state index < -0.39 is 10.9 Å². The Balaban J connectivity index is 2.02. The van der Waals surface area contributed by atoms with E-state index in [1.165, 1.54) is 11.3 Å². The third-order valence-corrected chi connectivity index (χ3v) is 5.60. The number of thiol groups is 1. The lowest BCUT2D eigenvalue weighted by molar-refractivity contribution is 0.0960. The lowest BCUT2D eigenvalue weighted by Crippen LogP contribution is -2.25. The van der Waals surface area contributed by atoms with Crippen LogP contribution in [0.5, 0.6) is 0 Å². The molecule has 2 rings (SSSR count). The summed E-state index contributed by atoms with van der Waals surface area (Å²) in [4.78, 5) is 18.4. The Hall–Kier alpha value is -1.78. The second-order valence-corrected chi connectivity index (χ2v) is 7.14. The van der Waals surface area contributed by atoms with E-state index in [2.05, 4.69) is 21.0 Å². The third kappa shape index (κ3) is 3.65. The fraction of sp³-hybridized carbons (Fsp3) is 0.357. The monoisotopic (exact) mass is 322 g/mol. The zero-order valence-corrected chi connectivity index (χ0v) is 13.7. The van der Waals surface area contributed by atoms with Crippen molar-refractivity contribution in [1.29, 1.82) is 5.26 Å². The number of anilines is 1. The number of carbonyl (C=O) groups is 1. The highest BCUT2D eigenvalue weighted by Crippen LogP contribution is 2.39. The number of hydrogen-bond donors (Lipinski definition) is 3. The number of carbonyl (C=O) groups excluding carboxylic acids is 1. The number of thiocyanates is 1. The summed E-state index contributed by atoms with van der Waals surface area (Å²) in [6.07, 6.45) is 4.51. The van der Waals surface area contributed by atoms with Crippen LogP contribution in [0.25, 0.3) is 0 Å². The molecule has 1 aromatic rings. The van der Waals surface area contributed by atoms with Crippen molar-refractivity contribution < 1.29 is 4.79 Å². The van der Waals surface area contributed by atoms with E-state index in [4.69, 9.17) is 5.26 Å². The summed E-state index contributed by atoms with van der Waals surface area (Å²) in [5.41, 5.74) is 0.814. The zero-order valence-electron chi connectivity index (χ0n) is 12.0. The highest BCUT2D eigenvalue weighted by molar-refractivity contribution is 8.27. The lowest BCUT2D eigenvalue weighted by atomic mass is 10.3. The molecule has 1 unspecified atom stereocenters. The molecule has 1 aromatic heterocycles. The molecule has 0 saturated heterocycles. The maximum Gasteiger partial charge on any atom is 0.263 e. The maximum absolute atomic E-state index is 12.3. The van der Waals surface area contributed by atoms with Crippen molar-refractivity contribution in [1.82, 2.24) is 10.3 Å². The van der Waals surface area contributed by atoms with Gasteiger partial charge in [-0.05, 0) is 18.8 Å². The van der Waals surface area contributed by atoms with E-state index in [-0.39, 0.29) is 5.91 Å². The largest absolute Gasteiger partial charge is 0.362 e. The average molecular weight is 322 g/mol. The van der Waals surface area contributed by atoms with Gasteiger partial charge in [0.05, 0.1) is 5.69 Å². The van der Waals surface area contributed by atoms with Crippen LogP contribution in [0.3, 0.4) is 0 Å². The van der Waals surface area contributed by atoms with Crippen LogP contribution in [0.4, 0.5) is 5.13 Å². The molecule has 0 saturated carbocycles. The first-order chi connectivity index (χ1) is 10.2.